The molecule has 1 aliphatic carbocycles. The zero-order chi connectivity index (χ0) is 13.9. The topological polar surface area (TPSA) is 66.4 Å². The summed E-state index contributed by atoms with van der Waals surface area (Å²) in [4.78, 5) is 24.1. The molecule has 102 valence electrons. The molecule has 0 aromatic carbocycles. The summed E-state index contributed by atoms with van der Waals surface area (Å²) in [6.45, 7) is 4.11. The van der Waals surface area contributed by atoms with Crippen molar-refractivity contribution in [2.45, 2.75) is 32.2 Å². The van der Waals surface area contributed by atoms with Gasteiger partial charge in [-0.2, -0.15) is 0 Å². The monoisotopic (exact) mass is 279 g/mol. The number of allylic oxidation sites excluding steroid dienone is 1. The summed E-state index contributed by atoms with van der Waals surface area (Å²) in [6.07, 6.45) is 5.42. The Kier molecular flexibility index (Phi) is 4.04. The van der Waals surface area contributed by atoms with Crippen molar-refractivity contribution in [3.63, 3.8) is 0 Å². The second kappa shape index (κ2) is 5.57. The number of carbonyl (C=O) groups excluding carboxylic acids is 1. The fraction of sp³-hybridized carbons (Fsp3) is 0.429. The fourth-order valence-corrected chi connectivity index (χ4v) is 3.13. The van der Waals surface area contributed by atoms with E-state index in [4.69, 9.17) is 5.11 Å². The van der Waals surface area contributed by atoms with E-state index in [1.54, 1.807) is 18.2 Å². The Labute approximate surface area is 116 Å². The smallest absolute Gasteiger partial charge is 0.345 e. The molecule has 1 aromatic rings. The van der Waals surface area contributed by atoms with Gasteiger partial charge in [-0.1, -0.05) is 12.5 Å². The van der Waals surface area contributed by atoms with Crippen LogP contribution in [0.1, 0.15) is 40.2 Å². The van der Waals surface area contributed by atoms with Crippen LogP contribution in [-0.2, 0) is 11.3 Å². The molecule has 5 heteroatoms. The lowest BCUT2D eigenvalue weighted by Crippen LogP contribution is -2.45. The van der Waals surface area contributed by atoms with Gasteiger partial charge in [-0.3, -0.25) is 4.79 Å². The third kappa shape index (κ3) is 2.87. The summed E-state index contributed by atoms with van der Waals surface area (Å²) in [7, 11) is 0. The van der Waals surface area contributed by atoms with Crippen LogP contribution in [0.2, 0.25) is 0 Å². The van der Waals surface area contributed by atoms with E-state index in [1.807, 2.05) is 0 Å². The highest BCUT2D eigenvalue weighted by molar-refractivity contribution is 7.13. The van der Waals surface area contributed by atoms with Crippen molar-refractivity contribution < 1.29 is 14.7 Å². The van der Waals surface area contributed by atoms with Crippen LogP contribution in [0.5, 0.6) is 0 Å². The maximum absolute atomic E-state index is 12.2. The average molecular weight is 279 g/mol. The van der Waals surface area contributed by atoms with E-state index >= 15 is 0 Å². The minimum atomic E-state index is -0.926. The van der Waals surface area contributed by atoms with Gasteiger partial charge in [0.25, 0.3) is 0 Å². The number of rotatable bonds is 6. The standard InChI is InChI=1S/C14H17NO3S/c1-2-6-14(7-3-8-14)13(18)15-9-10-4-5-11(19-10)12(16)17/h2,4-5H,1,3,6-9H2,(H,15,18)(H,16,17). The molecule has 1 aliphatic rings. The first kappa shape index (κ1) is 13.8. The van der Waals surface area contributed by atoms with Crippen molar-refractivity contribution in [1.29, 1.82) is 0 Å². The molecular weight excluding hydrogens is 262 g/mol. The Balaban J connectivity index is 1.92. The molecule has 0 bridgehead atoms. The van der Waals surface area contributed by atoms with Crippen LogP contribution < -0.4 is 5.32 Å². The van der Waals surface area contributed by atoms with Gasteiger partial charge in [-0.25, -0.2) is 4.79 Å². The van der Waals surface area contributed by atoms with Crippen LogP contribution in [-0.4, -0.2) is 17.0 Å². The van der Waals surface area contributed by atoms with Crippen molar-refractivity contribution in [1.82, 2.24) is 5.32 Å². The molecule has 0 radical (unpaired) electrons. The van der Waals surface area contributed by atoms with Gasteiger partial charge in [0.05, 0.1) is 12.0 Å². The third-order valence-corrected chi connectivity index (χ3v) is 4.70. The molecule has 1 saturated carbocycles. The van der Waals surface area contributed by atoms with Crippen LogP contribution in [0.3, 0.4) is 0 Å². The highest BCUT2D eigenvalue weighted by atomic mass is 32.1. The molecule has 0 saturated heterocycles. The zero-order valence-electron chi connectivity index (χ0n) is 10.6. The number of nitrogens with one attached hydrogen (secondary N) is 1. The van der Waals surface area contributed by atoms with E-state index < -0.39 is 5.97 Å². The predicted octanol–water partition coefficient (Wildman–Crippen LogP) is 2.81. The van der Waals surface area contributed by atoms with E-state index in [-0.39, 0.29) is 11.3 Å². The van der Waals surface area contributed by atoms with Crippen LogP contribution >= 0.6 is 11.3 Å². The molecule has 1 amide bonds. The summed E-state index contributed by atoms with van der Waals surface area (Å²) in [5, 5.41) is 11.7. The number of thiophene rings is 1. The van der Waals surface area contributed by atoms with Gasteiger partial charge < -0.3 is 10.4 Å². The number of aromatic carboxylic acids is 1. The van der Waals surface area contributed by atoms with Crippen molar-refractivity contribution in [2.24, 2.45) is 5.41 Å². The lowest BCUT2D eigenvalue weighted by atomic mass is 9.66. The molecule has 4 nitrogen and oxygen atoms in total. The predicted molar refractivity (Wildman–Crippen MR) is 74.2 cm³/mol. The summed E-state index contributed by atoms with van der Waals surface area (Å²) in [5.41, 5.74) is -0.269. The largest absolute Gasteiger partial charge is 0.477 e. The van der Waals surface area contributed by atoms with Gasteiger partial charge in [0.2, 0.25) is 5.91 Å². The number of amides is 1. The number of carboxylic acid groups (broad SMARTS) is 1. The van der Waals surface area contributed by atoms with Crippen LogP contribution in [0.25, 0.3) is 0 Å². The van der Waals surface area contributed by atoms with Gasteiger partial charge in [-0.15, -0.1) is 17.9 Å². The van der Waals surface area contributed by atoms with Crippen molar-refractivity contribution in [3.05, 3.63) is 34.5 Å². The second-order valence-corrected chi connectivity index (χ2v) is 6.05. The summed E-state index contributed by atoms with van der Waals surface area (Å²) >= 11 is 1.20. The molecule has 1 heterocycles. The molecule has 1 aromatic heterocycles. The molecule has 0 unspecified atom stereocenters. The Bertz CT molecular complexity index is 503. The van der Waals surface area contributed by atoms with Crippen LogP contribution in [0.15, 0.2) is 24.8 Å². The van der Waals surface area contributed by atoms with Crippen molar-refractivity contribution in [3.8, 4) is 0 Å². The maximum Gasteiger partial charge on any atom is 0.345 e. The Morgan fingerprint density at radius 2 is 2.21 bits per heavy atom. The molecular formula is C14H17NO3S. The van der Waals surface area contributed by atoms with Gasteiger partial charge in [0.15, 0.2) is 0 Å². The Morgan fingerprint density at radius 1 is 1.47 bits per heavy atom. The Hall–Kier alpha value is -1.62. The number of carboxylic acids is 1. The maximum atomic E-state index is 12.2. The van der Waals surface area contributed by atoms with Crippen molar-refractivity contribution in [2.75, 3.05) is 0 Å². The highest BCUT2D eigenvalue weighted by Crippen LogP contribution is 2.44. The second-order valence-electron chi connectivity index (χ2n) is 4.88. The normalized spacial score (nSPS) is 16.4. The molecule has 0 atom stereocenters. The number of hydrogen-bond acceptors (Lipinski definition) is 3. The minimum absolute atomic E-state index is 0.0592. The minimum Gasteiger partial charge on any atom is -0.477 e. The highest BCUT2D eigenvalue weighted by Gasteiger charge is 2.42. The third-order valence-electron chi connectivity index (χ3n) is 3.62. The lowest BCUT2D eigenvalue weighted by Gasteiger charge is -2.39. The molecule has 19 heavy (non-hydrogen) atoms. The zero-order valence-corrected chi connectivity index (χ0v) is 11.5. The first-order valence-electron chi connectivity index (χ1n) is 6.29. The average Bonchev–Trinajstić information content (AvgIpc) is 2.79. The van der Waals surface area contributed by atoms with E-state index in [9.17, 15) is 9.59 Å². The van der Waals surface area contributed by atoms with E-state index in [0.717, 1.165) is 24.1 Å². The summed E-state index contributed by atoms with van der Waals surface area (Å²) in [6, 6.07) is 3.31. The quantitative estimate of drug-likeness (QED) is 0.787. The van der Waals surface area contributed by atoms with Gasteiger partial charge in [-0.05, 0) is 31.4 Å². The SMILES string of the molecule is C=CCC1(C(=O)NCc2ccc(C(=O)O)s2)CCC1. The molecule has 0 aliphatic heterocycles. The van der Waals surface area contributed by atoms with Gasteiger partial charge in [0, 0.05) is 4.88 Å². The first-order chi connectivity index (χ1) is 9.07. The van der Waals surface area contributed by atoms with E-state index in [2.05, 4.69) is 11.9 Å². The number of hydrogen-bond donors (Lipinski definition) is 2. The van der Waals surface area contributed by atoms with Gasteiger partial charge >= 0.3 is 5.97 Å². The van der Waals surface area contributed by atoms with E-state index in [0.29, 0.717) is 17.8 Å². The van der Waals surface area contributed by atoms with Gasteiger partial charge in [0.1, 0.15) is 4.88 Å². The van der Waals surface area contributed by atoms with Crippen molar-refractivity contribution >= 4 is 23.2 Å². The van der Waals surface area contributed by atoms with E-state index in [1.165, 1.54) is 11.3 Å². The molecule has 0 spiro atoms. The molecule has 2 N–H and O–H groups in total. The van der Waals surface area contributed by atoms with Crippen LogP contribution in [0.4, 0.5) is 0 Å². The summed E-state index contributed by atoms with van der Waals surface area (Å²) < 4.78 is 0. The lowest BCUT2D eigenvalue weighted by molar-refractivity contribution is -0.135. The first-order valence-corrected chi connectivity index (χ1v) is 7.10. The molecule has 1 fully saturated rings. The number of carbonyl (C=O) groups is 2. The molecule has 2 rings (SSSR count). The van der Waals surface area contributed by atoms with Crippen LogP contribution in [0, 0.1) is 5.41 Å². The summed E-state index contributed by atoms with van der Waals surface area (Å²) in [5.74, 6) is -0.867. The fourth-order valence-electron chi connectivity index (χ4n) is 2.35. The Morgan fingerprint density at radius 3 is 2.68 bits per heavy atom.